The minimum Gasteiger partial charge on any atom is -0.460 e. The van der Waals surface area contributed by atoms with E-state index >= 15 is 0 Å². The van der Waals surface area contributed by atoms with E-state index < -0.39 is 0 Å². The topological polar surface area (TPSA) is 53.5 Å². The van der Waals surface area contributed by atoms with Gasteiger partial charge in [-0.1, -0.05) is 24.3 Å². The molecule has 2 unspecified atom stereocenters. The van der Waals surface area contributed by atoms with Crippen molar-refractivity contribution in [3.8, 4) is 5.75 Å². The quantitative estimate of drug-likeness (QED) is 0.635. The molecule has 1 aliphatic carbocycles. The van der Waals surface area contributed by atoms with Gasteiger partial charge in [0.25, 0.3) is 0 Å². The fourth-order valence-electron chi connectivity index (χ4n) is 3.67. The number of fused-ring (bicyclic) bond motifs is 2. The van der Waals surface area contributed by atoms with Crippen LogP contribution in [0, 0.1) is 5.92 Å². The first-order valence-electron chi connectivity index (χ1n) is 9.48. The summed E-state index contributed by atoms with van der Waals surface area (Å²) in [5, 5.41) is 3.66. The first-order valence-corrected chi connectivity index (χ1v) is 9.48. The molecule has 0 saturated carbocycles. The summed E-state index contributed by atoms with van der Waals surface area (Å²) in [6.07, 6.45) is 6.49. The van der Waals surface area contributed by atoms with Crippen LogP contribution in [0.3, 0.4) is 0 Å². The molecule has 1 heterocycles. The molecular weight excluding hydrogens is 348 g/mol. The van der Waals surface area contributed by atoms with Crippen LogP contribution in [0.25, 0.3) is 0 Å². The van der Waals surface area contributed by atoms with E-state index in [-0.39, 0.29) is 12.0 Å². The number of ether oxygens (including phenoxy) is 1. The minimum atomic E-state index is 0.0378. The number of hydrogen-bond acceptors (Lipinski definition) is 4. The average Bonchev–Trinajstić information content (AvgIpc) is 2.68. The van der Waals surface area contributed by atoms with Crippen molar-refractivity contribution in [3.05, 3.63) is 72.0 Å². The average molecular weight is 375 g/mol. The van der Waals surface area contributed by atoms with Crippen molar-refractivity contribution in [2.45, 2.75) is 6.04 Å². The van der Waals surface area contributed by atoms with Gasteiger partial charge in [-0.2, -0.15) is 0 Å². The molecular formula is C23H27N4O+. The highest BCUT2D eigenvalue weighted by Crippen LogP contribution is 2.45. The number of nitrogens with one attached hydrogen (secondary N) is 1. The van der Waals surface area contributed by atoms with Gasteiger partial charge >= 0.3 is 0 Å². The molecule has 4 rings (SSSR count). The van der Waals surface area contributed by atoms with Crippen LogP contribution in [0.1, 0.15) is 11.6 Å². The maximum Gasteiger partial charge on any atom is 0.202 e. The summed E-state index contributed by atoms with van der Waals surface area (Å²) in [5.74, 6) is 1.93. The molecule has 5 heteroatoms. The lowest BCUT2D eigenvalue weighted by Crippen LogP contribution is -2.31. The molecule has 2 aliphatic rings. The molecule has 0 fully saturated rings. The van der Waals surface area contributed by atoms with Crippen LogP contribution in [0.2, 0.25) is 0 Å². The maximum atomic E-state index is 6.37. The molecule has 0 bridgehead atoms. The summed E-state index contributed by atoms with van der Waals surface area (Å²) in [7, 11) is 8.15. The molecule has 144 valence electrons. The summed E-state index contributed by atoms with van der Waals surface area (Å²) in [5.41, 5.74) is 11.3. The summed E-state index contributed by atoms with van der Waals surface area (Å²) >= 11 is 0. The molecule has 28 heavy (non-hydrogen) atoms. The fourth-order valence-corrected chi connectivity index (χ4v) is 3.67. The summed E-state index contributed by atoms with van der Waals surface area (Å²) < 4.78 is 8.46. The second-order valence-corrected chi connectivity index (χ2v) is 7.68. The summed E-state index contributed by atoms with van der Waals surface area (Å²) in [4.78, 5) is 2.08. The molecule has 0 spiro atoms. The van der Waals surface area contributed by atoms with Gasteiger partial charge in [0.2, 0.25) is 5.71 Å². The SMILES string of the molecule is CN(C)c1ccc2c(c1)OC1=CC(=[N+](C)C)C=CC1C2Nc1ccccc1N. The maximum absolute atomic E-state index is 6.37. The predicted molar refractivity (Wildman–Crippen MR) is 116 cm³/mol. The van der Waals surface area contributed by atoms with Crippen molar-refractivity contribution in [2.24, 2.45) is 5.92 Å². The van der Waals surface area contributed by atoms with E-state index in [1.54, 1.807) is 0 Å². The number of benzene rings is 2. The van der Waals surface area contributed by atoms with E-state index in [0.29, 0.717) is 0 Å². The number of nitrogens with two attached hydrogens (primary N) is 1. The van der Waals surface area contributed by atoms with Crippen LogP contribution in [0.5, 0.6) is 5.75 Å². The zero-order valence-electron chi connectivity index (χ0n) is 16.8. The molecule has 3 N–H and O–H groups in total. The first-order chi connectivity index (χ1) is 13.4. The van der Waals surface area contributed by atoms with Gasteiger partial charge in [-0.05, 0) is 18.2 Å². The highest BCUT2D eigenvalue weighted by Gasteiger charge is 2.36. The second-order valence-electron chi connectivity index (χ2n) is 7.68. The number of rotatable bonds is 3. The highest BCUT2D eigenvalue weighted by molar-refractivity contribution is 6.01. The fraction of sp³-hybridized carbons (Fsp3) is 0.261. The third-order valence-electron chi connectivity index (χ3n) is 5.32. The van der Waals surface area contributed by atoms with Crippen LogP contribution in [-0.2, 0) is 0 Å². The van der Waals surface area contributed by atoms with Gasteiger partial charge < -0.3 is 20.7 Å². The van der Waals surface area contributed by atoms with Crippen LogP contribution >= 0.6 is 0 Å². The van der Waals surface area contributed by atoms with Crippen LogP contribution in [-0.4, -0.2) is 38.5 Å². The monoisotopic (exact) mass is 375 g/mol. The number of para-hydroxylation sites is 2. The third kappa shape index (κ3) is 3.24. The molecule has 2 aromatic carbocycles. The Morgan fingerprint density at radius 1 is 1.11 bits per heavy atom. The van der Waals surface area contributed by atoms with E-state index in [9.17, 15) is 0 Å². The molecule has 1 aliphatic heterocycles. The van der Waals surface area contributed by atoms with Crippen LogP contribution in [0.15, 0.2) is 66.5 Å². The Morgan fingerprint density at radius 2 is 1.89 bits per heavy atom. The molecule has 0 aromatic heterocycles. The standard InChI is InChI=1S/C23H27N4O/c1-26(2)15-9-11-17-21(13-15)28-22-14-16(27(3)4)10-12-18(22)23(17)25-20-8-6-5-7-19(20)24/h5-14,17,23,25H,24H2,1-4H3/q+1. The Kier molecular flexibility index (Phi) is 4.59. The Hall–Kier alpha value is -3.21. The van der Waals surface area contributed by atoms with E-state index in [1.165, 1.54) is 0 Å². The molecule has 2 atom stereocenters. The lowest BCUT2D eigenvalue weighted by molar-refractivity contribution is -0.462. The van der Waals surface area contributed by atoms with Gasteiger partial charge in [0.1, 0.15) is 25.6 Å². The van der Waals surface area contributed by atoms with Crippen LogP contribution < -0.4 is 20.7 Å². The van der Waals surface area contributed by atoms with Crippen molar-refractivity contribution in [1.29, 1.82) is 0 Å². The lowest BCUT2D eigenvalue weighted by Gasteiger charge is -2.36. The molecule has 0 saturated heterocycles. The largest absolute Gasteiger partial charge is 0.460 e. The molecule has 2 aromatic rings. The van der Waals surface area contributed by atoms with Crippen molar-refractivity contribution >= 4 is 22.8 Å². The van der Waals surface area contributed by atoms with E-state index in [1.807, 2.05) is 52.5 Å². The van der Waals surface area contributed by atoms with Crippen molar-refractivity contribution in [1.82, 2.24) is 0 Å². The lowest BCUT2D eigenvalue weighted by atomic mass is 9.84. The number of nitrogens with zero attached hydrogens (tertiary/aromatic N) is 2. The normalized spacial score (nSPS) is 19.9. The van der Waals surface area contributed by atoms with Gasteiger partial charge in [0, 0.05) is 43.6 Å². The predicted octanol–water partition coefficient (Wildman–Crippen LogP) is 3.66. The Labute approximate surface area is 166 Å². The Morgan fingerprint density at radius 3 is 2.61 bits per heavy atom. The molecule has 0 radical (unpaired) electrons. The minimum absolute atomic E-state index is 0.0378. The third-order valence-corrected chi connectivity index (χ3v) is 5.32. The van der Waals surface area contributed by atoms with Gasteiger partial charge in [-0.3, -0.25) is 0 Å². The second kappa shape index (κ2) is 7.08. The molecule has 5 nitrogen and oxygen atoms in total. The first kappa shape index (κ1) is 18.2. The number of nitrogen functional groups attached to an aromatic ring is 1. The van der Waals surface area contributed by atoms with Crippen LogP contribution in [0.4, 0.5) is 17.1 Å². The van der Waals surface area contributed by atoms with Crippen molar-refractivity contribution in [2.75, 3.05) is 44.1 Å². The number of hydrogen-bond donors (Lipinski definition) is 2. The highest BCUT2D eigenvalue weighted by atomic mass is 16.5. The zero-order chi connectivity index (χ0) is 19.8. The van der Waals surface area contributed by atoms with Gasteiger partial charge in [0.15, 0.2) is 0 Å². The number of allylic oxidation sites excluding steroid dienone is 2. The van der Waals surface area contributed by atoms with E-state index in [0.717, 1.165) is 39.8 Å². The Balaban J connectivity index is 1.81. The van der Waals surface area contributed by atoms with E-state index in [4.69, 9.17) is 10.5 Å². The Bertz CT molecular complexity index is 999. The van der Waals surface area contributed by atoms with Crippen molar-refractivity contribution in [3.63, 3.8) is 0 Å². The van der Waals surface area contributed by atoms with Gasteiger partial charge in [-0.15, -0.1) is 0 Å². The summed E-state index contributed by atoms with van der Waals surface area (Å²) in [6, 6.07) is 14.3. The molecule has 0 amide bonds. The van der Waals surface area contributed by atoms with E-state index in [2.05, 4.69) is 51.2 Å². The van der Waals surface area contributed by atoms with Crippen molar-refractivity contribution < 1.29 is 9.31 Å². The van der Waals surface area contributed by atoms with Gasteiger partial charge in [-0.25, -0.2) is 4.58 Å². The smallest absolute Gasteiger partial charge is 0.202 e. The van der Waals surface area contributed by atoms with Gasteiger partial charge in [0.05, 0.1) is 23.3 Å². The summed E-state index contributed by atoms with van der Waals surface area (Å²) in [6.45, 7) is 0. The number of anilines is 3. The zero-order valence-corrected chi connectivity index (χ0v) is 16.8.